The van der Waals surface area contributed by atoms with E-state index >= 15 is 0 Å². The minimum absolute atomic E-state index is 0.0543. The highest BCUT2D eigenvalue weighted by Gasteiger charge is 2.10. The molecule has 0 fully saturated rings. The molecule has 0 N–H and O–H groups in total. The summed E-state index contributed by atoms with van der Waals surface area (Å²) in [5, 5.41) is 0.0543. The second kappa shape index (κ2) is 6.77. The summed E-state index contributed by atoms with van der Waals surface area (Å²) in [5.74, 6) is 0. The molecule has 1 heteroatoms. The van der Waals surface area contributed by atoms with Crippen LogP contribution in [0, 0.1) is 0 Å². The lowest BCUT2D eigenvalue weighted by atomic mass is 9.96. The van der Waals surface area contributed by atoms with Gasteiger partial charge in [0.15, 0.2) is 0 Å². The summed E-state index contributed by atoms with van der Waals surface area (Å²) in [6, 6.07) is 17.1. The fourth-order valence-electron chi connectivity index (χ4n) is 2.45. The number of hydrogen-bond donors (Lipinski definition) is 0. The second-order valence-electron chi connectivity index (χ2n) is 4.89. The summed E-state index contributed by atoms with van der Waals surface area (Å²) in [6.07, 6.45) is 3.05. The van der Waals surface area contributed by atoms with Gasteiger partial charge in [-0.05, 0) is 41.5 Å². The zero-order valence-electron chi connectivity index (χ0n) is 11.7. The average Bonchev–Trinajstić information content (AvgIpc) is 2.47. The Balaban J connectivity index is 2.17. The lowest BCUT2D eigenvalue weighted by Gasteiger charge is -2.13. The first-order valence-electron chi connectivity index (χ1n) is 7.04. The molecule has 0 aliphatic rings. The number of aryl methyl sites for hydroxylation is 2. The Kier molecular flexibility index (Phi) is 5.04. The average molecular weight is 273 g/mol. The Labute approximate surface area is 121 Å². The molecule has 0 saturated carbocycles. The van der Waals surface area contributed by atoms with Crippen molar-refractivity contribution in [2.45, 2.75) is 38.5 Å². The first-order chi connectivity index (χ1) is 9.24. The fraction of sp³-hybridized carbons (Fsp3) is 0.333. The molecule has 0 radical (unpaired) electrons. The van der Waals surface area contributed by atoms with E-state index in [1.165, 1.54) is 22.3 Å². The van der Waals surface area contributed by atoms with Gasteiger partial charge in [0.1, 0.15) is 0 Å². The minimum Gasteiger partial charge on any atom is -0.117 e. The summed E-state index contributed by atoms with van der Waals surface area (Å²) < 4.78 is 0. The van der Waals surface area contributed by atoms with Gasteiger partial charge in [0.05, 0.1) is 5.38 Å². The maximum absolute atomic E-state index is 6.57. The summed E-state index contributed by atoms with van der Waals surface area (Å²) in [7, 11) is 0. The summed E-state index contributed by atoms with van der Waals surface area (Å²) in [5.41, 5.74) is 5.40. The van der Waals surface area contributed by atoms with Crippen molar-refractivity contribution in [2.75, 3.05) is 0 Å². The third-order valence-electron chi connectivity index (χ3n) is 3.61. The zero-order valence-corrected chi connectivity index (χ0v) is 12.5. The van der Waals surface area contributed by atoms with Gasteiger partial charge in [0.25, 0.3) is 0 Å². The van der Waals surface area contributed by atoms with Crippen LogP contribution >= 0.6 is 11.6 Å². The van der Waals surface area contributed by atoms with Gasteiger partial charge in [-0.1, -0.05) is 62.4 Å². The SMILES string of the molecule is CCc1ccc(C(Cl)Cc2ccccc2)cc1CC. The largest absolute Gasteiger partial charge is 0.117 e. The Morgan fingerprint density at radius 3 is 2.21 bits per heavy atom. The summed E-state index contributed by atoms with van der Waals surface area (Å²) in [6.45, 7) is 4.41. The molecule has 0 aliphatic carbocycles. The molecular weight excluding hydrogens is 252 g/mol. The standard InChI is InChI=1S/C18H21Cl/c1-3-15-10-11-17(13-16(15)4-2)18(19)12-14-8-6-5-7-9-14/h5-11,13,18H,3-4,12H2,1-2H3. The van der Waals surface area contributed by atoms with Crippen molar-refractivity contribution in [1.29, 1.82) is 0 Å². The van der Waals surface area contributed by atoms with E-state index in [-0.39, 0.29) is 5.38 Å². The van der Waals surface area contributed by atoms with E-state index in [1.807, 2.05) is 6.07 Å². The quantitative estimate of drug-likeness (QED) is 0.645. The molecule has 0 amide bonds. The van der Waals surface area contributed by atoms with Crippen molar-refractivity contribution in [3.63, 3.8) is 0 Å². The lowest BCUT2D eigenvalue weighted by Crippen LogP contribution is -1.99. The van der Waals surface area contributed by atoms with Crippen molar-refractivity contribution < 1.29 is 0 Å². The fourth-order valence-corrected chi connectivity index (χ4v) is 2.77. The molecule has 100 valence electrons. The maximum atomic E-state index is 6.57. The molecule has 1 unspecified atom stereocenters. The van der Waals surface area contributed by atoms with E-state index in [1.54, 1.807) is 0 Å². The van der Waals surface area contributed by atoms with Gasteiger partial charge < -0.3 is 0 Å². The van der Waals surface area contributed by atoms with Crippen molar-refractivity contribution in [3.8, 4) is 0 Å². The van der Waals surface area contributed by atoms with Crippen molar-refractivity contribution in [2.24, 2.45) is 0 Å². The predicted molar refractivity (Wildman–Crippen MR) is 83.9 cm³/mol. The Morgan fingerprint density at radius 2 is 1.58 bits per heavy atom. The Morgan fingerprint density at radius 1 is 0.895 bits per heavy atom. The first kappa shape index (κ1) is 14.1. The van der Waals surface area contributed by atoms with Gasteiger partial charge >= 0.3 is 0 Å². The Hall–Kier alpha value is -1.27. The monoisotopic (exact) mass is 272 g/mol. The molecule has 2 rings (SSSR count). The normalized spacial score (nSPS) is 12.4. The van der Waals surface area contributed by atoms with Gasteiger partial charge in [0, 0.05) is 0 Å². The Bertz CT molecular complexity index is 516. The molecule has 0 spiro atoms. The van der Waals surface area contributed by atoms with Crippen molar-refractivity contribution in [1.82, 2.24) is 0 Å². The van der Waals surface area contributed by atoms with Gasteiger partial charge in [-0.2, -0.15) is 0 Å². The molecule has 0 heterocycles. The molecular formula is C18H21Cl. The molecule has 19 heavy (non-hydrogen) atoms. The van der Waals surface area contributed by atoms with Gasteiger partial charge in [0.2, 0.25) is 0 Å². The topological polar surface area (TPSA) is 0 Å². The van der Waals surface area contributed by atoms with Gasteiger partial charge in [-0.25, -0.2) is 0 Å². The van der Waals surface area contributed by atoms with E-state index in [2.05, 4.69) is 56.3 Å². The molecule has 0 aliphatic heterocycles. The van der Waals surface area contributed by atoms with Crippen LogP contribution in [-0.4, -0.2) is 0 Å². The molecule has 1 atom stereocenters. The molecule has 2 aromatic carbocycles. The van der Waals surface area contributed by atoms with Crippen LogP contribution < -0.4 is 0 Å². The maximum Gasteiger partial charge on any atom is 0.0625 e. The van der Waals surface area contributed by atoms with Crippen LogP contribution in [0.25, 0.3) is 0 Å². The van der Waals surface area contributed by atoms with Crippen molar-refractivity contribution in [3.05, 3.63) is 70.8 Å². The lowest BCUT2D eigenvalue weighted by molar-refractivity contribution is 0.909. The number of hydrogen-bond acceptors (Lipinski definition) is 0. The van der Waals surface area contributed by atoms with Crippen LogP contribution in [0.15, 0.2) is 48.5 Å². The number of halogens is 1. The third kappa shape index (κ3) is 3.61. The van der Waals surface area contributed by atoms with Crippen LogP contribution in [0.5, 0.6) is 0 Å². The zero-order chi connectivity index (χ0) is 13.7. The molecule has 0 saturated heterocycles. The third-order valence-corrected chi connectivity index (χ3v) is 4.02. The van der Waals surface area contributed by atoms with Crippen LogP contribution in [0.3, 0.4) is 0 Å². The van der Waals surface area contributed by atoms with E-state index in [4.69, 9.17) is 11.6 Å². The van der Waals surface area contributed by atoms with Crippen LogP contribution in [0.4, 0.5) is 0 Å². The van der Waals surface area contributed by atoms with Crippen LogP contribution in [0.2, 0.25) is 0 Å². The highest BCUT2D eigenvalue weighted by Crippen LogP contribution is 2.27. The van der Waals surface area contributed by atoms with Crippen molar-refractivity contribution >= 4 is 11.6 Å². The number of benzene rings is 2. The van der Waals surface area contributed by atoms with Gasteiger partial charge in [-0.15, -0.1) is 11.6 Å². The highest BCUT2D eigenvalue weighted by atomic mass is 35.5. The molecule has 0 bridgehead atoms. The molecule has 0 aromatic heterocycles. The van der Waals surface area contributed by atoms with E-state index in [0.717, 1.165) is 19.3 Å². The summed E-state index contributed by atoms with van der Waals surface area (Å²) >= 11 is 6.57. The first-order valence-corrected chi connectivity index (χ1v) is 7.48. The highest BCUT2D eigenvalue weighted by molar-refractivity contribution is 6.20. The van der Waals surface area contributed by atoms with E-state index in [0.29, 0.717) is 0 Å². The minimum atomic E-state index is 0.0543. The van der Waals surface area contributed by atoms with Gasteiger partial charge in [-0.3, -0.25) is 0 Å². The number of alkyl halides is 1. The molecule has 0 nitrogen and oxygen atoms in total. The second-order valence-corrected chi connectivity index (χ2v) is 5.42. The van der Waals surface area contributed by atoms with Crippen LogP contribution in [-0.2, 0) is 19.3 Å². The molecule has 2 aromatic rings. The predicted octanol–water partition coefficient (Wildman–Crippen LogP) is 5.33. The van der Waals surface area contributed by atoms with Crippen LogP contribution in [0.1, 0.15) is 41.5 Å². The summed E-state index contributed by atoms with van der Waals surface area (Å²) in [4.78, 5) is 0. The van der Waals surface area contributed by atoms with E-state index < -0.39 is 0 Å². The smallest absolute Gasteiger partial charge is 0.0625 e. The number of rotatable bonds is 5. The van der Waals surface area contributed by atoms with E-state index in [9.17, 15) is 0 Å².